The maximum absolute atomic E-state index is 11.5. The Morgan fingerprint density at radius 1 is 1.12 bits per heavy atom. The van der Waals surface area contributed by atoms with E-state index in [0.717, 1.165) is 43.2 Å². The summed E-state index contributed by atoms with van der Waals surface area (Å²) in [6.07, 6.45) is 2.27. The minimum atomic E-state index is 0.160. The van der Waals surface area contributed by atoms with Crippen molar-refractivity contribution in [2.75, 3.05) is 25.2 Å². The van der Waals surface area contributed by atoms with Gasteiger partial charge in [-0.15, -0.1) is 0 Å². The first-order chi connectivity index (χ1) is 12.0. The highest BCUT2D eigenvalue weighted by Crippen LogP contribution is 2.31. The SMILES string of the molecule is COc1ccc(CN2CCC[C@H](CSC(C)=O)[C@@H]2CSC(C)=O)cc1. The maximum atomic E-state index is 11.5. The quantitative estimate of drug-likeness (QED) is 0.715. The summed E-state index contributed by atoms with van der Waals surface area (Å²) in [5.41, 5.74) is 1.25. The molecule has 138 valence electrons. The minimum Gasteiger partial charge on any atom is -0.497 e. The van der Waals surface area contributed by atoms with Crippen molar-refractivity contribution in [2.45, 2.75) is 39.3 Å². The normalized spacial score (nSPS) is 21.1. The van der Waals surface area contributed by atoms with Crippen LogP contribution in [-0.4, -0.2) is 46.3 Å². The van der Waals surface area contributed by atoms with E-state index in [2.05, 4.69) is 17.0 Å². The lowest BCUT2D eigenvalue weighted by Gasteiger charge is -2.41. The van der Waals surface area contributed by atoms with Crippen molar-refractivity contribution < 1.29 is 14.3 Å². The number of hydrogen-bond acceptors (Lipinski definition) is 6. The smallest absolute Gasteiger partial charge is 0.185 e. The van der Waals surface area contributed by atoms with E-state index in [-0.39, 0.29) is 10.2 Å². The van der Waals surface area contributed by atoms with Crippen LogP contribution in [0.1, 0.15) is 32.3 Å². The van der Waals surface area contributed by atoms with Crippen molar-refractivity contribution in [1.82, 2.24) is 4.90 Å². The van der Waals surface area contributed by atoms with Gasteiger partial charge in [-0.25, -0.2) is 0 Å². The third-order valence-corrected chi connectivity index (χ3v) is 6.45. The summed E-state index contributed by atoms with van der Waals surface area (Å²) in [5.74, 6) is 2.96. The number of nitrogens with zero attached hydrogens (tertiary/aromatic N) is 1. The number of benzene rings is 1. The van der Waals surface area contributed by atoms with E-state index in [1.165, 1.54) is 29.1 Å². The lowest BCUT2D eigenvalue weighted by molar-refractivity contribution is -0.110. The zero-order chi connectivity index (χ0) is 18.2. The summed E-state index contributed by atoms with van der Waals surface area (Å²) in [5, 5.41) is 0.332. The summed E-state index contributed by atoms with van der Waals surface area (Å²) < 4.78 is 5.23. The fraction of sp³-hybridized carbons (Fsp3) is 0.579. The molecule has 1 aliphatic rings. The molecule has 1 aliphatic heterocycles. The first kappa shape index (κ1) is 20.3. The second kappa shape index (κ2) is 10.2. The fourth-order valence-corrected chi connectivity index (χ4v) is 4.96. The molecular weight excluding hydrogens is 354 g/mol. The predicted octanol–water partition coefficient (Wildman–Crippen LogP) is 3.84. The Morgan fingerprint density at radius 3 is 2.36 bits per heavy atom. The Bertz CT molecular complexity index is 577. The monoisotopic (exact) mass is 381 g/mol. The van der Waals surface area contributed by atoms with Gasteiger partial charge in [0.25, 0.3) is 0 Å². The van der Waals surface area contributed by atoms with E-state index in [9.17, 15) is 9.59 Å². The number of methoxy groups -OCH3 is 1. The van der Waals surface area contributed by atoms with Gasteiger partial charge in [-0.2, -0.15) is 0 Å². The minimum absolute atomic E-state index is 0.160. The molecule has 0 bridgehead atoms. The molecular formula is C19H27NO3S2. The molecule has 0 N–H and O–H groups in total. The molecule has 0 spiro atoms. The molecule has 6 heteroatoms. The zero-order valence-electron chi connectivity index (χ0n) is 15.2. The molecule has 0 amide bonds. The molecule has 0 radical (unpaired) electrons. The van der Waals surface area contributed by atoms with Gasteiger partial charge in [0, 0.05) is 37.9 Å². The number of thioether (sulfide) groups is 2. The summed E-state index contributed by atoms with van der Waals surface area (Å²) in [4.78, 5) is 25.3. The highest BCUT2D eigenvalue weighted by atomic mass is 32.2. The van der Waals surface area contributed by atoms with Crippen molar-refractivity contribution in [3.63, 3.8) is 0 Å². The van der Waals surface area contributed by atoms with Crippen LogP contribution >= 0.6 is 23.5 Å². The average molecular weight is 382 g/mol. The molecule has 25 heavy (non-hydrogen) atoms. The number of hydrogen-bond donors (Lipinski definition) is 0. The molecule has 0 aromatic heterocycles. The molecule has 0 aliphatic carbocycles. The second-order valence-corrected chi connectivity index (χ2v) is 8.79. The molecule has 4 nitrogen and oxygen atoms in total. The number of likely N-dealkylation sites (tertiary alicyclic amines) is 1. The highest BCUT2D eigenvalue weighted by molar-refractivity contribution is 8.13. The molecule has 1 aromatic rings. The summed E-state index contributed by atoms with van der Waals surface area (Å²) in [6.45, 7) is 5.16. The third-order valence-electron chi connectivity index (χ3n) is 4.54. The number of piperidine rings is 1. The van der Waals surface area contributed by atoms with E-state index >= 15 is 0 Å². The van der Waals surface area contributed by atoms with E-state index in [4.69, 9.17) is 4.74 Å². The Kier molecular flexibility index (Phi) is 8.33. The van der Waals surface area contributed by atoms with Crippen LogP contribution in [-0.2, 0) is 16.1 Å². The van der Waals surface area contributed by atoms with Gasteiger partial charge in [-0.3, -0.25) is 14.5 Å². The van der Waals surface area contributed by atoms with Crippen LogP contribution in [0.3, 0.4) is 0 Å². The van der Waals surface area contributed by atoms with Gasteiger partial charge in [-0.05, 0) is 43.0 Å². The zero-order valence-corrected chi connectivity index (χ0v) is 16.8. The van der Waals surface area contributed by atoms with Crippen molar-refractivity contribution in [1.29, 1.82) is 0 Å². The van der Waals surface area contributed by atoms with E-state index in [1.54, 1.807) is 21.0 Å². The van der Waals surface area contributed by atoms with Gasteiger partial charge >= 0.3 is 0 Å². The van der Waals surface area contributed by atoms with Crippen LogP contribution in [0.15, 0.2) is 24.3 Å². The number of carbonyl (C=O) groups is 2. The summed E-state index contributed by atoms with van der Waals surface area (Å²) in [6, 6.07) is 8.50. The van der Waals surface area contributed by atoms with Crippen LogP contribution in [0.2, 0.25) is 0 Å². The van der Waals surface area contributed by atoms with Crippen LogP contribution < -0.4 is 4.74 Å². The van der Waals surface area contributed by atoms with Crippen LogP contribution in [0.5, 0.6) is 5.75 Å². The van der Waals surface area contributed by atoms with Crippen LogP contribution in [0, 0.1) is 5.92 Å². The average Bonchev–Trinajstić information content (AvgIpc) is 2.59. The largest absolute Gasteiger partial charge is 0.497 e. The van der Waals surface area contributed by atoms with Crippen molar-refractivity contribution in [2.24, 2.45) is 5.92 Å². The van der Waals surface area contributed by atoms with Crippen molar-refractivity contribution in [3.05, 3.63) is 29.8 Å². The van der Waals surface area contributed by atoms with Crippen molar-refractivity contribution >= 4 is 33.8 Å². The van der Waals surface area contributed by atoms with Gasteiger partial charge in [0.15, 0.2) is 10.2 Å². The van der Waals surface area contributed by atoms with Crippen LogP contribution in [0.4, 0.5) is 0 Å². The lowest BCUT2D eigenvalue weighted by atomic mass is 9.91. The maximum Gasteiger partial charge on any atom is 0.185 e. The molecule has 2 atom stereocenters. The van der Waals surface area contributed by atoms with Crippen LogP contribution in [0.25, 0.3) is 0 Å². The molecule has 0 unspecified atom stereocenters. The summed E-state index contributed by atoms with van der Waals surface area (Å²) >= 11 is 2.81. The predicted molar refractivity (Wildman–Crippen MR) is 106 cm³/mol. The fourth-order valence-electron chi connectivity index (χ4n) is 3.24. The molecule has 0 saturated carbocycles. The van der Waals surface area contributed by atoms with E-state index in [0.29, 0.717) is 12.0 Å². The molecule has 1 fully saturated rings. The Labute approximate surface area is 159 Å². The third kappa shape index (κ3) is 6.68. The van der Waals surface area contributed by atoms with Gasteiger partial charge < -0.3 is 4.74 Å². The molecule has 1 saturated heterocycles. The Balaban J connectivity index is 2.07. The van der Waals surface area contributed by atoms with Gasteiger partial charge in [0.05, 0.1) is 7.11 Å². The van der Waals surface area contributed by atoms with Gasteiger partial charge in [0.2, 0.25) is 0 Å². The van der Waals surface area contributed by atoms with Gasteiger partial charge in [0.1, 0.15) is 5.75 Å². The molecule has 1 heterocycles. The second-order valence-electron chi connectivity index (χ2n) is 6.39. The molecule has 1 aromatic carbocycles. The first-order valence-corrected chi connectivity index (χ1v) is 10.6. The summed E-state index contributed by atoms with van der Waals surface area (Å²) in [7, 11) is 1.67. The first-order valence-electron chi connectivity index (χ1n) is 8.63. The number of ether oxygens (including phenoxy) is 1. The van der Waals surface area contributed by atoms with E-state index < -0.39 is 0 Å². The highest BCUT2D eigenvalue weighted by Gasteiger charge is 2.31. The topological polar surface area (TPSA) is 46.6 Å². The van der Waals surface area contributed by atoms with Gasteiger partial charge in [-0.1, -0.05) is 35.7 Å². The number of carbonyl (C=O) groups excluding carboxylic acids is 2. The molecule has 2 rings (SSSR count). The van der Waals surface area contributed by atoms with E-state index in [1.807, 2.05) is 12.1 Å². The lowest BCUT2D eigenvalue weighted by Crippen LogP contribution is -2.47. The van der Waals surface area contributed by atoms with Crippen molar-refractivity contribution in [3.8, 4) is 5.75 Å². The number of rotatable bonds is 7. The Morgan fingerprint density at radius 2 is 1.76 bits per heavy atom. The Hall–Kier alpha value is -0.980. The standard InChI is InChI=1S/C19H27NO3S2/c1-14(21)24-12-17-5-4-10-20(19(17)13-25-15(2)22)11-16-6-8-18(23-3)9-7-16/h6-9,17,19H,4-5,10-13H2,1-3H3/t17-,19+/m1/s1.